The van der Waals surface area contributed by atoms with Gasteiger partial charge in [-0.1, -0.05) is 30.3 Å². The quantitative estimate of drug-likeness (QED) is 0.694. The Hall–Kier alpha value is -1.98. The molecule has 0 fully saturated rings. The number of nitrogens with zero attached hydrogens (tertiary/aromatic N) is 3. The standard InChI is InChI=1S/C18H22N4S/c1-13-12-15-17(19-10-7-11-22(2)3)20-16(21-18(15)23-13)14-8-5-4-6-9-14/h4-6,8-9,12H,7,10-11H2,1-3H3,(H,19,20,21). The van der Waals surface area contributed by atoms with E-state index in [-0.39, 0.29) is 0 Å². The summed E-state index contributed by atoms with van der Waals surface area (Å²) in [4.78, 5) is 14.0. The molecule has 0 atom stereocenters. The fourth-order valence-corrected chi connectivity index (χ4v) is 3.37. The molecule has 0 aliphatic heterocycles. The largest absolute Gasteiger partial charge is 0.369 e. The van der Waals surface area contributed by atoms with Gasteiger partial charge < -0.3 is 10.2 Å². The van der Waals surface area contributed by atoms with Crippen LogP contribution in [0, 0.1) is 6.92 Å². The van der Waals surface area contributed by atoms with Crippen molar-refractivity contribution in [1.29, 1.82) is 0 Å². The number of benzene rings is 1. The van der Waals surface area contributed by atoms with Crippen molar-refractivity contribution in [2.75, 3.05) is 32.5 Å². The number of hydrogen-bond acceptors (Lipinski definition) is 5. The summed E-state index contributed by atoms with van der Waals surface area (Å²) in [5.74, 6) is 1.73. The number of aromatic nitrogens is 2. The molecule has 0 amide bonds. The number of fused-ring (bicyclic) bond motifs is 1. The second-order valence-corrected chi connectivity index (χ2v) is 7.16. The van der Waals surface area contributed by atoms with Crippen LogP contribution in [0.25, 0.3) is 21.6 Å². The molecule has 0 aliphatic carbocycles. The van der Waals surface area contributed by atoms with Crippen molar-refractivity contribution in [2.24, 2.45) is 0 Å². The highest BCUT2D eigenvalue weighted by molar-refractivity contribution is 7.18. The Morgan fingerprint density at radius 1 is 1.13 bits per heavy atom. The van der Waals surface area contributed by atoms with Crippen LogP contribution >= 0.6 is 11.3 Å². The molecular weight excluding hydrogens is 304 g/mol. The van der Waals surface area contributed by atoms with Crippen LogP contribution in [0.4, 0.5) is 5.82 Å². The van der Waals surface area contributed by atoms with Crippen LogP contribution in [0.5, 0.6) is 0 Å². The molecule has 5 heteroatoms. The molecule has 1 N–H and O–H groups in total. The van der Waals surface area contributed by atoms with E-state index in [1.807, 2.05) is 18.2 Å². The number of anilines is 1. The minimum absolute atomic E-state index is 0.787. The molecule has 0 saturated carbocycles. The molecule has 120 valence electrons. The molecule has 3 rings (SSSR count). The second kappa shape index (κ2) is 7.06. The van der Waals surface area contributed by atoms with E-state index in [1.54, 1.807) is 11.3 Å². The molecule has 23 heavy (non-hydrogen) atoms. The lowest BCUT2D eigenvalue weighted by Crippen LogP contribution is -2.16. The highest BCUT2D eigenvalue weighted by atomic mass is 32.1. The average Bonchev–Trinajstić information content (AvgIpc) is 2.92. The number of hydrogen-bond donors (Lipinski definition) is 1. The summed E-state index contributed by atoms with van der Waals surface area (Å²) in [6.07, 6.45) is 1.09. The first-order chi connectivity index (χ1) is 11.1. The lowest BCUT2D eigenvalue weighted by molar-refractivity contribution is 0.405. The van der Waals surface area contributed by atoms with Gasteiger partial charge in [-0.05, 0) is 40.1 Å². The van der Waals surface area contributed by atoms with E-state index in [4.69, 9.17) is 9.97 Å². The lowest BCUT2D eigenvalue weighted by atomic mass is 10.2. The van der Waals surface area contributed by atoms with Crippen molar-refractivity contribution < 1.29 is 0 Å². The molecular formula is C18H22N4S. The van der Waals surface area contributed by atoms with Crippen LogP contribution in [-0.2, 0) is 0 Å². The van der Waals surface area contributed by atoms with E-state index in [2.05, 4.69) is 49.4 Å². The van der Waals surface area contributed by atoms with E-state index in [1.165, 1.54) is 4.88 Å². The summed E-state index contributed by atoms with van der Waals surface area (Å²) in [5, 5.41) is 4.62. The summed E-state index contributed by atoms with van der Waals surface area (Å²) >= 11 is 1.72. The zero-order valence-electron chi connectivity index (χ0n) is 13.8. The molecule has 0 unspecified atom stereocenters. The van der Waals surface area contributed by atoms with Crippen LogP contribution in [0.3, 0.4) is 0 Å². The zero-order valence-corrected chi connectivity index (χ0v) is 14.7. The minimum Gasteiger partial charge on any atom is -0.369 e. The van der Waals surface area contributed by atoms with Gasteiger partial charge in [0.2, 0.25) is 0 Å². The highest BCUT2D eigenvalue weighted by Crippen LogP contribution is 2.30. The Kier molecular flexibility index (Phi) is 4.88. The van der Waals surface area contributed by atoms with Gasteiger partial charge in [-0.15, -0.1) is 11.3 Å². The molecule has 0 bridgehead atoms. The number of rotatable bonds is 6. The van der Waals surface area contributed by atoms with Crippen molar-refractivity contribution >= 4 is 27.4 Å². The molecule has 0 spiro atoms. The van der Waals surface area contributed by atoms with Crippen LogP contribution in [0.15, 0.2) is 36.4 Å². The van der Waals surface area contributed by atoms with E-state index in [9.17, 15) is 0 Å². The smallest absolute Gasteiger partial charge is 0.163 e. The molecule has 3 aromatic rings. The lowest BCUT2D eigenvalue weighted by Gasteiger charge is -2.11. The number of thiophene rings is 1. The number of nitrogens with one attached hydrogen (secondary N) is 1. The molecule has 4 nitrogen and oxygen atoms in total. The Balaban J connectivity index is 1.91. The van der Waals surface area contributed by atoms with Crippen molar-refractivity contribution in [1.82, 2.24) is 14.9 Å². The van der Waals surface area contributed by atoms with Gasteiger partial charge >= 0.3 is 0 Å². The van der Waals surface area contributed by atoms with Crippen molar-refractivity contribution in [3.63, 3.8) is 0 Å². The van der Waals surface area contributed by atoms with Crippen LogP contribution in [0.1, 0.15) is 11.3 Å². The highest BCUT2D eigenvalue weighted by Gasteiger charge is 2.11. The molecule has 2 heterocycles. The minimum atomic E-state index is 0.787. The second-order valence-electron chi connectivity index (χ2n) is 5.92. The number of aryl methyl sites for hydroxylation is 1. The third-order valence-corrected chi connectivity index (χ3v) is 4.57. The first kappa shape index (κ1) is 15.9. The topological polar surface area (TPSA) is 41.0 Å². The van der Waals surface area contributed by atoms with Gasteiger partial charge in [-0.2, -0.15) is 0 Å². The van der Waals surface area contributed by atoms with Gasteiger partial charge in [0.1, 0.15) is 10.6 Å². The van der Waals surface area contributed by atoms with Gasteiger partial charge in [0.15, 0.2) is 5.82 Å². The maximum absolute atomic E-state index is 4.77. The van der Waals surface area contributed by atoms with Crippen molar-refractivity contribution in [3.8, 4) is 11.4 Å². The predicted molar refractivity (Wildman–Crippen MR) is 99.2 cm³/mol. The van der Waals surface area contributed by atoms with Crippen LogP contribution in [0.2, 0.25) is 0 Å². The summed E-state index contributed by atoms with van der Waals surface area (Å²) in [6.45, 7) is 4.09. The van der Waals surface area contributed by atoms with E-state index >= 15 is 0 Å². The SMILES string of the molecule is Cc1cc2c(NCCCN(C)C)nc(-c3ccccc3)nc2s1. The summed E-state index contributed by atoms with van der Waals surface area (Å²) < 4.78 is 0. The third-order valence-electron chi connectivity index (χ3n) is 3.62. The maximum atomic E-state index is 4.77. The normalized spacial score (nSPS) is 11.3. The Morgan fingerprint density at radius 3 is 2.65 bits per heavy atom. The van der Waals surface area contributed by atoms with E-state index < -0.39 is 0 Å². The third kappa shape index (κ3) is 3.86. The fourth-order valence-electron chi connectivity index (χ4n) is 2.50. The van der Waals surface area contributed by atoms with E-state index in [0.717, 1.165) is 46.9 Å². The van der Waals surface area contributed by atoms with Gasteiger partial charge in [-0.3, -0.25) is 0 Å². The molecule has 1 aromatic carbocycles. The van der Waals surface area contributed by atoms with Crippen molar-refractivity contribution in [3.05, 3.63) is 41.3 Å². The Bertz CT molecular complexity index is 780. The molecule has 0 saturated heterocycles. The van der Waals surface area contributed by atoms with Crippen LogP contribution < -0.4 is 5.32 Å². The van der Waals surface area contributed by atoms with Crippen LogP contribution in [-0.4, -0.2) is 42.1 Å². The summed E-state index contributed by atoms with van der Waals surface area (Å²) in [6, 6.07) is 12.3. The fraction of sp³-hybridized carbons (Fsp3) is 0.333. The van der Waals surface area contributed by atoms with Gasteiger partial charge in [-0.25, -0.2) is 9.97 Å². The molecule has 0 aliphatic rings. The van der Waals surface area contributed by atoms with Gasteiger partial charge in [0.05, 0.1) is 5.39 Å². The first-order valence-corrected chi connectivity index (χ1v) is 8.67. The monoisotopic (exact) mass is 326 g/mol. The first-order valence-electron chi connectivity index (χ1n) is 7.85. The maximum Gasteiger partial charge on any atom is 0.163 e. The average molecular weight is 326 g/mol. The predicted octanol–water partition coefficient (Wildman–Crippen LogP) is 4.03. The molecule has 2 aromatic heterocycles. The molecule has 0 radical (unpaired) electrons. The zero-order chi connectivity index (χ0) is 16.2. The van der Waals surface area contributed by atoms with Gasteiger partial charge in [0, 0.05) is 17.0 Å². The van der Waals surface area contributed by atoms with E-state index in [0.29, 0.717) is 0 Å². The van der Waals surface area contributed by atoms with Gasteiger partial charge in [0.25, 0.3) is 0 Å². The summed E-state index contributed by atoms with van der Waals surface area (Å²) in [7, 11) is 4.19. The summed E-state index contributed by atoms with van der Waals surface area (Å²) in [5.41, 5.74) is 1.05. The Morgan fingerprint density at radius 2 is 1.91 bits per heavy atom. The van der Waals surface area contributed by atoms with Crippen molar-refractivity contribution in [2.45, 2.75) is 13.3 Å². The Labute approximate surface area is 141 Å².